The van der Waals surface area contributed by atoms with Crippen molar-refractivity contribution in [1.29, 1.82) is 0 Å². The smallest absolute Gasteiger partial charge is 0.261 e. The molecule has 0 saturated carbocycles. The molecule has 2 rings (SSSR count). The zero-order valence-electron chi connectivity index (χ0n) is 13.5. The molecule has 0 atom stereocenters. The van der Waals surface area contributed by atoms with Crippen LogP contribution in [0.4, 0.5) is 5.13 Å². The summed E-state index contributed by atoms with van der Waals surface area (Å²) in [6.07, 6.45) is 0. The zero-order chi connectivity index (χ0) is 15.2. The van der Waals surface area contributed by atoms with Gasteiger partial charge in [-0.1, -0.05) is 18.3 Å². The Morgan fingerprint density at radius 1 is 1.17 bits per heavy atom. The van der Waals surface area contributed by atoms with Crippen LogP contribution in [-0.4, -0.2) is 43.6 Å². The lowest BCUT2D eigenvalue weighted by Gasteiger charge is -2.16. The maximum Gasteiger partial charge on any atom is 0.261 e. The van der Waals surface area contributed by atoms with Crippen molar-refractivity contribution in [2.45, 2.75) is 20.8 Å². The van der Waals surface area contributed by atoms with Crippen LogP contribution in [0, 0.1) is 0 Å². The number of halogens is 2. The summed E-state index contributed by atoms with van der Waals surface area (Å²) in [5.74, 6) is -0.00695. The van der Waals surface area contributed by atoms with Crippen molar-refractivity contribution in [3.05, 3.63) is 10.9 Å². The lowest BCUT2D eigenvalue weighted by Crippen LogP contribution is -2.31. The molecule has 0 fully saturated rings. The van der Waals surface area contributed by atoms with E-state index in [-0.39, 0.29) is 30.7 Å². The van der Waals surface area contributed by atoms with E-state index in [0.29, 0.717) is 6.54 Å². The number of aromatic nitrogens is 1. The number of rotatable bonds is 8. The fourth-order valence-corrected chi connectivity index (χ4v) is 4.25. The molecule has 2 N–H and O–H groups in total. The highest BCUT2D eigenvalue weighted by molar-refractivity contribution is 7.29. The van der Waals surface area contributed by atoms with Gasteiger partial charge in [0.1, 0.15) is 4.83 Å². The lowest BCUT2D eigenvalue weighted by molar-refractivity contribution is 0.0958. The van der Waals surface area contributed by atoms with E-state index >= 15 is 0 Å². The Morgan fingerprint density at radius 2 is 1.87 bits per heavy atom. The highest BCUT2D eigenvalue weighted by atomic mass is 35.5. The van der Waals surface area contributed by atoms with Gasteiger partial charge in [-0.25, -0.2) is 4.98 Å². The number of hydrogen-bond donors (Lipinski definition) is 2. The normalized spacial score (nSPS) is 10.0. The van der Waals surface area contributed by atoms with Crippen LogP contribution < -0.4 is 15.5 Å². The molecule has 2 heterocycles. The fraction of sp³-hybridized carbons (Fsp3) is 0.571. The van der Waals surface area contributed by atoms with E-state index < -0.39 is 0 Å². The molecule has 9 heteroatoms. The first-order valence-corrected chi connectivity index (χ1v) is 8.97. The predicted molar refractivity (Wildman–Crippen MR) is 106 cm³/mol. The molecule has 0 aliphatic carbocycles. The molecule has 0 bridgehead atoms. The lowest BCUT2D eigenvalue weighted by atomic mass is 10.4. The van der Waals surface area contributed by atoms with Crippen molar-refractivity contribution in [2.24, 2.45) is 0 Å². The number of thiophene rings is 1. The summed E-state index contributed by atoms with van der Waals surface area (Å²) >= 11 is 3.13. The van der Waals surface area contributed by atoms with Gasteiger partial charge < -0.3 is 15.5 Å². The number of fused-ring (bicyclic) bond motifs is 1. The van der Waals surface area contributed by atoms with Gasteiger partial charge in [-0.3, -0.25) is 4.79 Å². The molecule has 2 aromatic rings. The summed E-state index contributed by atoms with van der Waals surface area (Å²) in [4.78, 5) is 20.6. The van der Waals surface area contributed by atoms with Crippen LogP contribution in [-0.2, 0) is 0 Å². The third kappa shape index (κ3) is 5.76. The quantitative estimate of drug-likeness (QED) is 0.669. The zero-order valence-corrected chi connectivity index (χ0v) is 16.8. The number of nitrogens with zero attached hydrogens (tertiary/aromatic N) is 2. The first kappa shape index (κ1) is 22.4. The molecule has 132 valence electrons. The Balaban J connectivity index is 0.00000242. The average Bonchev–Trinajstić information content (AvgIpc) is 3.03. The van der Waals surface area contributed by atoms with Gasteiger partial charge in [0.2, 0.25) is 0 Å². The SMILES string of the molecule is CCNCCNC(=O)c1cc2sc(N(CC)CC)nc2s1.Cl.Cl. The van der Waals surface area contributed by atoms with Crippen molar-refractivity contribution in [3.8, 4) is 0 Å². The van der Waals surface area contributed by atoms with Crippen LogP contribution in [0.25, 0.3) is 9.53 Å². The van der Waals surface area contributed by atoms with Gasteiger partial charge in [0.05, 0.1) is 9.58 Å². The van der Waals surface area contributed by atoms with E-state index in [1.165, 1.54) is 11.3 Å². The van der Waals surface area contributed by atoms with Crippen LogP contribution in [0.3, 0.4) is 0 Å². The molecule has 0 aromatic carbocycles. The van der Waals surface area contributed by atoms with Crippen LogP contribution in [0.2, 0.25) is 0 Å². The number of carbonyl (C=O) groups is 1. The molecule has 0 saturated heterocycles. The van der Waals surface area contributed by atoms with Crippen LogP contribution in [0.5, 0.6) is 0 Å². The number of likely N-dealkylation sites (N-methyl/N-ethyl adjacent to an activating group) is 1. The molecule has 2 aromatic heterocycles. The number of nitrogens with one attached hydrogen (secondary N) is 2. The van der Waals surface area contributed by atoms with E-state index in [9.17, 15) is 4.79 Å². The topological polar surface area (TPSA) is 57.3 Å². The maximum atomic E-state index is 12.0. The Hall–Kier alpha value is -0.600. The van der Waals surface area contributed by atoms with Crippen molar-refractivity contribution < 1.29 is 4.79 Å². The molecule has 23 heavy (non-hydrogen) atoms. The van der Waals surface area contributed by atoms with Crippen molar-refractivity contribution in [1.82, 2.24) is 15.6 Å². The van der Waals surface area contributed by atoms with E-state index in [1.54, 1.807) is 11.3 Å². The van der Waals surface area contributed by atoms with Gasteiger partial charge in [0.15, 0.2) is 5.13 Å². The minimum Gasteiger partial charge on any atom is -0.350 e. The first-order chi connectivity index (χ1) is 10.2. The Labute approximate surface area is 157 Å². The molecule has 0 spiro atoms. The van der Waals surface area contributed by atoms with Crippen molar-refractivity contribution >= 4 is 68.1 Å². The summed E-state index contributed by atoms with van der Waals surface area (Å²) in [5, 5.41) is 7.14. The largest absolute Gasteiger partial charge is 0.350 e. The van der Waals surface area contributed by atoms with Gasteiger partial charge in [0, 0.05) is 26.2 Å². The predicted octanol–water partition coefficient (Wildman–Crippen LogP) is 3.39. The molecule has 0 radical (unpaired) electrons. The number of thiazole rings is 1. The Morgan fingerprint density at radius 3 is 2.43 bits per heavy atom. The highest BCUT2D eigenvalue weighted by Crippen LogP contribution is 2.34. The molecular weight excluding hydrogens is 375 g/mol. The van der Waals surface area contributed by atoms with E-state index in [0.717, 1.165) is 45.7 Å². The van der Waals surface area contributed by atoms with Crippen molar-refractivity contribution in [2.75, 3.05) is 37.6 Å². The minimum atomic E-state index is -0.00695. The van der Waals surface area contributed by atoms with Crippen LogP contribution in [0.15, 0.2) is 6.07 Å². The van der Waals surface area contributed by atoms with Crippen LogP contribution in [0.1, 0.15) is 30.4 Å². The number of amides is 1. The van der Waals surface area contributed by atoms with Gasteiger partial charge >= 0.3 is 0 Å². The number of carbonyl (C=O) groups excluding carboxylic acids is 1. The second-order valence-corrected chi connectivity index (χ2v) is 6.60. The monoisotopic (exact) mass is 398 g/mol. The van der Waals surface area contributed by atoms with Crippen molar-refractivity contribution in [3.63, 3.8) is 0 Å². The summed E-state index contributed by atoms with van der Waals surface area (Å²) < 4.78 is 1.10. The third-order valence-electron chi connectivity index (χ3n) is 3.17. The molecule has 0 aliphatic heterocycles. The van der Waals surface area contributed by atoms with E-state index in [1.807, 2.05) is 13.0 Å². The van der Waals surface area contributed by atoms with Gasteiger partial charge in [-0.15, -0.1) is 36.2 Å². The standard InChI is InChI=1S/C14H22N4OS2.2ClH/c1-4-15-7-8-16-12(19)10-9-11-13(20-10)17-14(21-11)18(5-2)6-3;;/h9,15H,4-8H2,1-3H3,(H,16,19);2*1H. The minimum absolute atomic E-state index is 0. The van der Waals surface area contributed by atoms with Gasteiger partial charge in [-0.2, -0.15) is 0 Å². The first-order valence-electron chi connectivity index (χ1n) is 7.33. The molecule has 1 amide bonds. The van der Waals surface area contributed by atoms with Gasteiger partial charge in [0.25, 0.3) is 5.91 Å². The number of hydrogen-bond acceptors (Lipinski definition) is 6. The third-order valence-corrected chi connectivity index (χ3v) is 5.39. The summed E-state index contributed by atoms with van der Waals surface area (Å²) in [6, 6.07) is 1.95. The van der Waals surface area contributed by atoms with Crippen LogP contribution >= 0.6 is 47.5 Å². The maximum absolute atomic E-state index is 12.0. The average molecular weight is 399 g/mol. The van der Waals surface area contributed by atoms with Gasteiger partial charge in [-0.05, 0) is 26.5 Å². The summed E-state index contributed by atoms with van der Waals surface area (Å²) in [5.41, 5.74) is 0. The molecule has 5 nitrogen and oxygen atoms in total. The molecule has 0 aliphatic rings. The molecular formula is C14H24Cl2N4OS2. The number of anilines is 1. The Bertz CT molecular complexity index is 567. The highest BCUT2D eigenvalue weighted by Gasteiger charge is 2.15. The van der Waals surface area contributed by atoms with E-state index in [4.69, 9.17) is 0 Å². The fourth-order valence-electron chi connectivity index (χ4n) is 1.99. The summed E-state index contributed by atoms with van der Waals surface area (Å²) in [6.45, 7) is 10.6. The molecule has 0 unspecified atom stereocenters. The second kappa shape index (κ2) is 11.0. The summed E-state index contributed by atoms with van der Waals surface area (Å²) in [7, 11) is 0. The van der Waals surface area contributed by atoms with E-state index in [2.05, 4.69) is 34.4 Å². The Kier molecular flexibility index (Phi) is 10.8. The second-order valence-electron chi connectivity index (χ2n) is 4.56.